The van der Waals surface area contributed by atoms with Crippen LogP contribution in [0.2, 0.25) is 36.3 Å². The largest absolute Gasteiger partial charge is 0.456 e. The minimum atomic E-state index is -2.63. The van der Waals surface area contributed by atoms with Gasteiger partial charge in [-0.25, -0.2) is 4.79 Å². The maximum absolute atomic E-state index is 15.1. The lowest BCUT2D eigenvalue weighted by Gasteiger charge is -2.47. The van der Waals surface area contributed by atoms with E-state index < -0.39 is 94.4 Å². The number of piperidine rings is 1. The molecule has 4 aliphatic rings. The number of aliphatic hydroxyl groups is 1. The number of allylic oxidation sites excluding steroid dienone is 4. The molecule has 1 N–H and O–H groups in total. The standard InChI is InChI=1S/C56H97NO12Si2/c1-20-23-41-29-35(2)28-36(3)30-47(64-14)50-48(65-15)32-38(5)56(62,67-50)51(59)52(60)57-27-22-21-24-42(57)53(61)66-49(39(6)45(34-43(41)58)69-71(18,19)55(10,11)12)37(4)31-40-25-26-44(46(33-40)63-13)68-70(16,17)54(7,8)9/h20,29,31,36,38-42,44-50,62H,1,21-28,30,32-34H2,2-19H3/b35-29+,37-31+/t36-,38+,39+,40-,41+,42-,44+,45-,46-,47-,48+,49+,50+,56+/m0/s1/i1+1D2. The second-order valence-electron chi connectivity index (χ2n) is 24.9. The highest BCUT2D eigenvalue weighted by molar-refractivity contribution is 6.74. The monoisotopic (exact) mass is 1030 g/mol. The molecule has 3 aliphatic heterocycles. The van der Waals surface area contributed by atoms with E-state index in [0.29, 0.717) is 32.1 Å². The number of fused-ring (bicyclic) bond motifs is 3. The third kappa shape index (κ3) is 15.0. The molecular weight excluding hydrogens is 936 g/mol. The molecule has 3 heterocycles. The summed E-state index contributed by atoms with van der Waals surface area (Å²) < 4.78 is 61.3. The van der Waals surface area contributed by atoms with Crippen molar-refractivity contribution in [3.05, 3.63) is 35.9 Å². The maximum atomic E-state index is 15.1. The Kier molecular flexibility index (Phi) is 20.4. The van der Waals surface area contributed by atoms with E-state index >= 15 is 9.59 Å². The van der Waals surface area contributed by atoms with Crippen LogP contribution in [0.1, 0.15) is 150 Å². The van der Waals surface area contributed by atoms with Gasteiger partial charge in [0, 0.05) is 52.0 Å². The predicted octanol–water partition coefficient (Wildman–Crippen LogP) is 10.7. The zero-order valence-electron chi connectivity index (χ0n) is 49.1. The highest BCUT2D eigenvalue weighted by Gasteiger charge is 2.57. The number of amides is 1. The average Bonchev–Trinajstić information content (AvgIpc) is 3.30. The first-order chi connectivity index (χ1) is 33.7. The van der Waals surface area contributed by atoms with Gasteiger partial charge in [-0.05, 0) is 132 Å². The number of carbonyl (C=O) groups excluding carboxylic acids is 4. The maximum Gasteiger partial charge on any atom is 0.329 e. The van der Waals surface area contributed by atoms with Crippen molar-refractivity contribution < 1.29 is 59.6 Å². The van der Waals surface area contributed by atoms with Crippen LogP contribution >= 0.6 is 0 Å². The molecular formula is C56H97NO12Si2. The summed E-state index contributed by atoms with van der Waals surface area (Å²) in [5.74, 6) is -7.64. The molecule has 4 rings (SSSR count). The number of cyclic esters (lactones) is 1. The number of methoxy groups -OCH3 is 3. The van der Waals surface area contributed by atoms with Gasteiger partial charge in [-0.15, -0.1) is 6.53 Å². The molecule has 14 atom stereocenters. The van der Waals surface area contributed by atoms with Gasteiger partial charge < -0.3 is 42.5 Å². The van der Waals surface area contributed by atoms with Crippen LogP contribution in [0.3, 0.4) is 0 Å². The first kappa shape index (κ1) is 57.9. The second-order valence-corrected chi connectivity index (χ2v) is 34.4. The smallest absolute Gasteiger partial charge is 0.329 e. The normalized spacial score (nSPS) is 36.6. The summed E-state index contributed by atoms with van der Waals surface area (Å²) in [5, 5.41) is 12.1. The summed E-state index contributed by atoms with van der Waals surface area (Å²) >= 11 is 0. The molecule has 13 nitrogen and oxygen atoms in total. The fourth-order valence-electron chi connectivity index (χ4n) is 10.7. The van der Waals surface area contributed by atoms with Gasteiger partial charge in [0.05, 0.1) is 33.3 Å². The minimum absolute atomic E-state index is 0.0255. The predicted molar refractivity (Wildman–Crippen MR) is 285 cm³/mol. The first-order valence-electron chi connectivity index (χ1n) is 27.6. The highest BCUT2D eigenvalue weighted by atomic mass is 28.4. The summed E-state index contributed by atoms with van der Waals surface area (Å²) in [6.07, 6.45) is 6.46. The fraction of sp³-hybridized carbons (Fsp3) is 0.821. The zero-order chi connectivity index (χ0) is 55.2. The lowest BCUT2D eigenvalue weighted by atomic mass is 9.81. The molecule has 1 aliphatic carbocycles. The number of hydrogen-bond acceptors (Lipinski definition) is 12. The summed E-state index contributed by atoms with van der Waals surface area (Å²) in [6.45, 7) is 31.2. The van der Waals surface area contributed by atoms with Crippen LogP contribution in [0.25, 0.3) is 0 Å². The van der Waals surface area contributed by atoms with Gasteiger partial charge in [0.1, 0.15) is 24.0 Å². The fourth-order valence-corrected chi connectivity index (χ4v) is 13.5. The van der Waals surface area contributed by atoms with Crippen LogP contribution in [0.5, 0.6) is 0 Å². The third-order valence-corrected chi connectivity index (χ3v) is 26.3. The van der Waals surface area contributed by atoms with Crippen LogP contribution in [-0.2, 0) is 51.7 Å². The number of Topliss-reactive ketones (excluding diaryl/α,β-unsaturated/α-hetero) is 2. The van der Waals surface area contributed by atoms with Crippen molar-refractivity contribution in [3.8, 4) is 0 Å². The molecule has 0 aromatic carbocycles. The molecule has 71 heavy (non-hydrogen) atoms. The number of rotatable bonds is 11. The van der Waals surface area contributed by atoms with Gasteiger partial charge in [0.15, 0.2) is 16.6 Å². The lowest BCUT2D eigenvalue weighted by molar-refractivity contribution is -0.302. The van der Waals surface area contributed by atoms with E-state index in [1.54, 1.807) is 14.0 Å². The number of ether oxygens (including phenoxy) is 5. The topological polar surface area (TPSA) is 156 Å². The van der Waals surface area contributed by atoms with Gasteiger partial charge in [-0.1, -0.05) is 86.1 Å². The minimum Gasteiger partial charge on any atom is -0.456 e. The van der Waals surface area contributed by atoms with Crippen molar-refractivity contribution in [2.75, 3.05) is 27.9 Å². The van der Waals surface area contributed by atoms with E-state index in [2.05, 4.69) is 73.8 Å². The van der Waals surface area contributed by atoms with E-state index in [-0.39, 0.29) is 78.7 Å². The number of hydrogen-bond donors (Lipinski definition) is 1. The Balaban J connectivity index is 1.92. The zero-order valence-corrected chi connectivity index (χ0v) is 49.1. The van der Waals surface area contributed by atoms with Crippen LogP contribution < -0.4 is 0 Å². The van der Waals surface area contributed by atoms with Gasteiger partial charge in [-0.2, -0.15) is 0 Å². The van der Waals surface area contributed by atoms with Crippen molar-refractivity contribution in [2.24, 2.45) is 29.6 Å². The van der Waals surface area contributed by atoms with Gasteiger partial charge in [-0.3, -0.25) is 14.4 Å². The molecule has 2 saturated heterocycles. The van der Waals surface area contributed by atoms with Crippen molar-refractivity contribution in [1.82, 2.24) is 4.90 Å². The van der Waals surface area contributed by atoms with Crippen molar-refractivity contribution in [3.63, 3.8) is 0 Å². The number of ketones is 2. The molecule has 0 unspecified atom stereocenters. The molecule has 0 aromatic rings. The highest BCUT2D eigenvalue weighted by Crippen LogP contribution is 2.44. The Morgan fingerprint density at radius 1 is 0.845 bits per heavy atom. The van der Waals surface area contributed by atoms with E-state index in [1.165, 1.54) is 25.2 Å². The molecule has 1 saturated carbocycles. The quantitative estimate of drug-likeness (QED) is 0.0688. The molecule has 2 bridgehead atoms. The molecule has 0 spiro atoms. The second kappa shape index (κ2) is 25.0. The van der Waals surface area contributed by atoms with Crippen LogP contribution in [0, 0.1) is 29.6 Å². The van der Waals surface area contributed by atoms with E-state index in [0.717, 1.165) is 24.0 Å². The Morgan fingerprint density at radius 2 is 1.44 bits per heavy atom. The van der Waals surface area contributed by atoms with Crippen LogP contribution in [-0.4, -0.2) is 133 Å². The molecule has 1 amide bonds. The Hall–Kier alpha value is -2.35. The summed E-state index contributed by atoms with van der Waals surface area (Å²) in [5.41, 5.74) is 1.69. The number of carbonyl (C=O) groups is 4. The van der Waals surface area contributed by atoms with Crippen molar-refractivity contribution in [2.45, 2.75) is 238 Å². The van der Waals surface area contributed by atoms with E-state index in [9.17, 15) is 14.7 Å². The summed E-state index contributed by atoms with van der Waals surface area (Å²) in [7, 11) is 0.0541. The Labute approximate surface area is 434 Å². The number of esters is 1. The Morgan fingerprint density at radius 3 is 2.01 bits per heavy atom. The van der Waals surface area contributed by atoms with E-state index in [1.807, 2.05) is 33.8 Å². The van der Waals surface area contributed by atoms with Crippen LogP contribution in [0.4, 0.5) is 0 Å². The Bertz CT molecular complexity index is 1990. The number of nitrogens with zero attached hydrogens (tertiary/aromatic N) is 1. The van der Waals surface area contributed by atoms with Gasteiger partial charge >= 0.3 is 5.97 Å². The molecule has 406 valence electrons. The molecule has 15 heteroatoms. The van der Waals surface area contributed by atoms with Gasteiger partial charge in [0.25, 0.3) is 11.7 Å². The third-order valence-electron chi connectivity index (χ3n) is 17.3. The van der Waals surface area contributed by atoms with Crippen molar-refractivity contribution in [1.29, 1.82) is 0 Å². The SMILES string of the molecule is [2H][13C]([2H])=CC[C@@H]1/C=C(\C)C[C@H](C)C[C@H](OC)[C@H]2O[C@@](O)(C(=O)C(=O)N3CCCC[C@H]3C(=O)O[C@H](/C(C)=C/[C@@H]3CC[C@@H](O[Si](C)(C)C(C)(C)C)[C@@H](OC)C3)[C@H](C)[C@@H](O[Si](C)(C)C(C)(C)C)CC1=O)[C@H](C)C[C@H]2OC. The first-order valence-corrected chi connectivity index (χ1v) is 32.4. The summed E-state index contributed by atoms with van der Waals surface area (Å²) in [6, 6.07) is -1.14. The van der Waals surface area contributed by atoms with E-state index in [4.69, 9.17) is 35.3 Å². The average molecular weight is 1040 g/mol. The van der Waals surface area contributed by atoms with Gasteiger partial charge in [0.2, 0.25) is 5.79 Å². The molecule has 0 aromatic heterocycles. The lowest BCUT2D eigenvalue weighted by Crippen LogP contribution is -2.64. The summed E-state index contributed by atoms with van der Waals surface area (Å²) in [4.78, 5) is 60.6. The molecule has 0 radical (unpaired) electrons. The van der Waals surface area contributed by atoms with Crippen molar-refractivity contribution >= 4 is 40.1 Å². The van der Waals surface area contributed by atoms with Crippen LogP contribution in [0.15, 0.2) is 35.9 Å². The molecule has 3 fully saturated rings.